The maximum absolute atomic E-state index is 13.0. The third-order valence-electron chi connectivity index (χ3n) is 6.63. The van der Waals surface area contributed by atoms with E-state index < -0.39 is 0 Å². The van der Waals surface area contributed by atoms with Crippen LogP contribution >= 0.6 is 0 Å². The zero-order chi connectivity index (χ0) is 22.6. The molecule has 0 radical (unpaired) electrons. The van der Waals surface area contributed by atoms with Gasteiger partial charge in [0.15, 0.2) is 5.58 Å². The summed E-state index contributed by atoms with van der Waals surface area (Å²) < 4.78 is 8.24. The topological polar surface area (TPSA) is 35.1 Å². The van der Waals surface area contributed by atoms with E-state index in [1.165, 1.54) is 0 Å². The molecular weight excluding hydrogens is 418 g/mol. The molecule has 7 rings (SSSR count). The van der Waals surface area contributed by atoms with E-state index in [-0.39, 0.29) is 5.63 Å². The Hall–Kier alpha value is -4.63. The lowest BCUT2D eigenvalue weighted by Gasteiger charge is -2.11. The van der Waals surface area contributed by atoms with Crippen LogP contribution in [-0.4, -0.2) is 4.57 Å². The van der Waals surface area contributed by atoms with Crippen LogP contribution in [0.4, 0.5) is 0 Å². The first kappa shape index (κ1) is 18.9. The summed E-state index contributed by atoms with van der Waals surface area (Å²) in [7, 11) is 0. The highest BCUT2D eigenvalue weighted by molar-refractivity contribution is 6.20. The molecule has 0 spiro atoms. The molecule has 0 saturated heterocycles. The highest BCUT2D eigenvalue weighted by atomic mass is 16.4. The maximum Gasteiger partial charge on any atom is 0.344 e. The Labute approximate surface area is 195 Å². The van der Waals surface area contributed by atoms with Gasteiger partial charge in [0, 0.05) is 21.8 Å². The van der Waals surface area contributed by atoms with Gasteiger partial charge in [0.2, 0.25) is 0 Å². The normalized spacial score (nSPS) is 11.6. The van der Waals surface area contributed by atoms with Crippen molar-refractivity contribution in [2.75, 3.05) is 0 Å². The van der Waals surface area contributed by atoms with Gasteiger partial charge in [-0.25, -0.2) is 4.79 Å². The van der Waals surface area contributed by atoms with Crippen molar-refractivity contribution in [3.8, 4) is 16.8 Å². The van der Waals surface area contributed by atoms with Crippen LogP contribution in [0.2, 0.25) is 0 Å². The van der Waals surface area contributed by atoms with Crippen molar-refractivity contribution in [3.63, 3.8) is 0 Å². The highest BCUT2D eigenvalue weighted by Gasteiger charge is 2.18. The first-order valence-electron chi connectivity index (χ1n) is 11.3. The van der Waals surface area contributed by atoms with Crippen molar-refractivity contribution in [3.05, 3.63) is 126 Å². The third-order valence-corrected chi connectivity index (χ3v) is 6.63. The molecule has 0 aliphatic heterocycles. The molecule has 5 aromatic carbocycles. The molecule has 0 bridgehead atoms. The lowest BCUT2D eigenvalue weighted by molar-refractivity contribution is 0.572. The fourth-order valence-electron chi connectivity index (χ4n) is 5.11. The molecule has 0 N–H and O–H groups in total. The molecule has 3 nitrogen and oxygen atoms in total. The van der Waals surface area contributed by atoms with Gasteiger partial charge >= 0.3 is 5.63 Å². The van der Waals surface area contributed by atoms with Crippen LogP contribution in [0.25, 0.3) is 60.4 Å². The minimum atomic E-state index is -0.314. The summed E-state index contributed by atoms with van der Waals surface area (Å²) in [6.45, 7) is 0. The van der Waals surface area contributed by atoms with Gasteiger partial charge in [-0.2, -0.15) is 0 Å². The van der Waals surface area contributed by atoms with Gasteiger partial charge in [0.1, 0.15) is 0 Å². The van der Waals surface area contributed by atoms with Gasteiger partial charge < -0.3 is 8.98 Å². The van der Waals surface area contributed by atoms with Crippen LogP contribution in [0.15, 0.2) is 124 Å². The van der Waals surface area contributed by atoms with Gasteiger partial charge in [-0.1, -0.05) is 84.9 Å². The maximum atomic E-state index is 13.0. The van der Waals surface area contributed by atoms with E-state index >= 15 is 0 Å². The van der Waals surface area contributed by atoms with Crippen LogP contribution in [0, 0.1) is 0 Å². The summed E-state index contributed by atoms with van der Waals surface area (Å²) in [5.41, 5.74) is 5.60. The van der Waals surface area contributed by atoms with Crippen LogP contribution in [0.1, 0.15) is 0 Å². The van der Waals surface area contributed by atoms with Crippen LogP contribution < -0.4 is 5.63 Å². The Morgan fingerprint density at radius 1 is 0.529 bits per heavy atom. The van der Waals surface area contributed by atoms with E-state index in [2.05, 4.69) is 77.4 Å². The van der Waals surface area contributed by atoms with Crippen LogP contribution in [0.5, 0.6) is 0 Å². The average Bonchev–Trinajstić information content (AvgIpc) is 3.24. The summed E-state index contributed by atoms with van der Waals surface area (Å²) in [6.07, 6.45) is 0. The monoisotopic (exact) mass is 437 g/mol. The predicted octanol–water partition coefficient (Wildman–Crippen LogP) is 7.71. The molecule has 0 fully saturated rings. The fourth-order valence-corrected chi connectivity index (χ4v) is 5.11. The van der Waals surface area contributed by atoms with Crippen molar-refractivity contribution in [2.45, 2.75) is 0 Å². The lowest BCUT2D eigenvalue weighted by atomic mass is 10.0. The molecule has 160 valence electrons. The second kappa shape index (κ2) is 7.19. The number of aromatic nitrogens is 1. The Balaban J connectivity index is 1.65. The molecule has 0 amide bonds. The molecule has 0 aliphatic carbocycles. The largest absolute Gasteiger partial charge is 0.420 e. The molecule has 2 heterocycles. The van der Waals surface area contributed by atoms with Gasteiger partial charge in [-0.05, 0) is 46.8 Å². The van der Waals surface area contributed by atoms with Gasteiger partial charge in [-0.15, -0.1) is 0 Å². The molecule has 0 unspecified atom stereocenters. The Morgan fingerprint density at radius 3 is 2.06 bits per heavy atom. The fraction of sp³-hybridized carbons (Fsp3) is 0. The van der Waals surface area contributed by atoms with Crippen LogP contribution in [0.3, 0.4) is 0 Å². The molecule has 0 atom stereocenters. The van der Waals surface area contributed by atoms with Crippen molar-refractivity contribution < 1.29 is 4.42 Å². The Morgan fingerprint density at radius 2 is 1.21 bits per heavy atom. The van der Waals surface area contributed by atoms with E-state index in [0.29, 0.717) is 11.0 Å². The summed E-state index contributed by atoms with van der Waals surface area (Å²) in [4.78, 5) is 13.0. The van der Waals surface area contributed by atoms with Crippen LogP contribution in [-0.2, 0) is 0 Å². The van der Waals surface area contributed by atoms with Crippen molar-refractivity contribution >= 4 is 43.5 Å². The molecule has 2 aromatic heterocycles. The number of nitrogens with zero attached hydrogens (tertiary/aromatic N) is 1. The predicted molar refractivity (Wildman–Crippen MR) is 140 cm³/mol. The number of hydrogen-bond acceptors (Lipinski definition) is 2. The van der Waals surface area contributed by atoms with E-state index in [0.717, 1.165) is 49.4 Å². The molecule has 0 saturated carbocycles. The third kappa shape index (κ3) is 2.67. The highest BCUT2D eigenvalue weighted by Crippen LogP contribution is 2.38. The van der Waals surface area contributed by atoms with Crippen molar-refractivity contribution in [2.24, 2.45) is 0 Å². The van der Waals surface area contributed by atoms with E-state index in [1.807, 2.05) is 42.5 Å². The summed E-state index contributed by atoms with van der Waals surface area (Å²) in [6, 6.07) is 39.1. The second-order valence-corrected chi connectivity index (χ2v) is 8.54. The first-order chi connectivity index (χ1) is 16.8. The SMILES string of the molecule is O=c1oc2c(ccc3c4ccccc4n(-c4cccc(-c5ccccc5)c4)c32)c2ccccc12. The Kier molecular flexibility index (Phi) is 4.00. The molecule has 34 heavy (non-hydrogen) atoms. The lowest BCUT2D eigenvalue weighted by Crippen LogP contribution is -2.01. The van der Waals surface area contributed by atoms with Gasteiger partial charge in [0.05, 0.1) is 16.4 Å². The van der Waals surface area contributed by atoms with Gasteiger partial charge in [-0.3, -0.25) is 0 Å². The zero-order valence-corrected chi connectivity index (χ0v) is 18.2. The molecule has 3 heteroatoms. The molecule has 7 aromatic rings. The zero-order valence-electron chi connectivity index (χ0n) is 18.2. The number of hydrogen-bond donors (Lipinski definition) is 0. The minimum Gasteiger partial charge on any atom is -0.420 e. The smallest absolute Gasteiger partial charge is 0.344 e. The van der Waals surface area contributed by atoms with Crippen molar-refractivity contribution in [1.82, 2.24) is 4.57 Å². The summed E-state index contributed by atoms with van der Waals surface area (Å²) >= 11 is 0. The van der Waals surface area contributed by atoms with E-state index in [9.17, 15) is 4.79 Å². The number of fused-ring (bicyclic) bond motifs is 7. The van der Waals surface area contributed by atoms with Gasteiger partial charge in [0.25, 0.3) is 0 Å². The Bertz CT molecular complexity index is 1930. The molecular formula is C31H19NO2. The number of para-hydroxylation sites is 1. The second-order valence-electron chi connectivity index (χ2n) is 8.54. The quantitative estimate of drug-likeness (QED) is 0.205. The van der Waals surface area contributed by atoms with E-state index in [1.54, 1.807) is 0 Å². The molecule has 0 aliphatic rings. The summed E-state index contributed by atoms with van der Waals surface area (Å²) in [5, 5.41) is 4.63. The minimum absolute atomic E-state index is 0.314. The standard InChI is InChI=1S/C31H19NO2/c33-31-27-15-5-4-13-23(27)26-18-17-25-24-14-6-7-16-28(24)32(29(25)30(26)34-31)22-12-8-11-21(19-22)20-9-2-1-3-10-20/h1-19H. The number of benzene rings is 5. The average molecular weight is 437 g/mol. The first-order valence-corrected chi connectivity index (χ1v) is 11.3. The van der Waals surface area contributed by atoms with Crippen molar-refractivity contribution in [1.29, 1.82) is 0 Å². The van der Waals surface area contributed by atoms with E-state index in [4.69, 9.17) is 4.42 Å². The summed E-state index contributed by atoms with van der Waals surface area (Å²) in [5.74, 6) is 0. The number of rotatable bonds is 2.